The highest BCUT2D eigenvalue weighted by Crippen LogP contribution is 2.52. The molecule has 0 fully saturated rings. The third-order valence-corrected chi connectivity index (χ3v) is 12.3. The van der Waals surface area contributed by atoms with Crippen LogP contribution in [0.25, 0.3) is 61.0 Å². The van der Waals surface area contributed by atoms with Crippen molar-refractivity contribution in [1.29, 1.82) is 0 Å². The molecule has 0 radical (unpaired) electrons. The average Bonchev–Trinajstić information content (AvgIpc) is 3.78. The average molecular weight is 735 g/mol. The molecule has 1 aliphatic carbocycles. The molecule has 57 heavy (non-hydrogen) atoms. The van der Waals surface area contributed by atoms with Gasteiger partial charge in [-0.2, -0.15) is 0 Å². The van der Waals surface area contributed by atoms with Crippen LogP contribution in [0.3, 0.4) is 0 Å². The van der Waals surface area contributed by atoms with E-state index in [0.717, 1.165) is 31.4 Å². The van der Waals surface area contributed by atoms with Gasteiger partial charge in [0.1, 0.15) is 0 Å². The Morgan fingerprint density at radius 1 is 0.596 bits per heavy atom. The first kappa shape index (κ1) is 34.9. The van der Waals surface area contributed by atoms with Crippen LogP contribution in [0.5, 0.6) is 0 Å². The minimum Gasteiger partial charge on any atom is -0.309 e. The Labute approximate surface area is 336 Å². The van der Waals surface area contributed by atoms with E-state index in [1.165, 1.54) is 88.9 Å². The molecule has 1 aliphatic heterocycles. The molecule has 2 heteroatoms. The van der Waals surface area contributed by atoms with Crippen LogP contribution in [0.4, 0.5) is 0 Å². The van der Waals surface area contributed by atoms with E-state index in [-0.39, 0.29) is 5.92 Å². The van der Waals surface area contributed by atoms with E-state index < -0.39 is 0 Å². The van der Waals surface area contributed by atoms with Crippen LogP contribution in [0.2, 0.25) is 0 Å². The number of fused-ring (bicyclic) bond motifs is 7. The molecule has 0 saturated heterocycles. The van der Waals surface area contributed by atoms with Crippen LogP contribution in [0, 0.1) is 5.92 Å². The molecule has 7 aromatic carbocycles. The van der Waals surface area contributed by atoms with Crippen LogP contribution in [-0.4, -0.2) is 10.3 Å². The largest absolute Gasteiger partial charge is 0.309 e. The summed E-state index contributed by atoms with van der Waals surface area (Å²) in [6.45, 7) is 4.67. The normalized spacial score (nSPS) is 16.5. The summed E-state index contributed by atoms with van der Waals surface area (Å²) in [6, 6.07) is 64.3. The third-order valence-electron chi connectivity index (χ3n) is 12.3. The van der Waals surface area contributed by atoms with Gasteiger partial charge in [0.2, 0.25) is 0 Å². The summed E-state index contributed by atoms with van der Waals surface area (Å²) in [5.74, 6) is 0.548. The van der Waals surface area contributed by atoms with Gasteiger partial charge >= 0.3 is 0 Å². The van der Waals surface area contributed by atoms with Crippen molar-refractivity contribution >= 4 is 38.8 Å². The maximum Gasteiger partial charge on any atom is 0.0739 e. The number of rotatable bonds is 8. The Balaban J connectivity index is 1.12. The van der Waals surface area contributed by atoms with Gasteiger partial charge in [-0.1, -0.05) is 166 Å². The SMILES string of the molecule is CCC1=C(c2cccc(-c3ccccc3)c2)N=C(CCC2c3ccccc3-c3ccc4c(c32)c2ccccc2n4-c2ccccc2)C(C)CC=C1c1ccccc1. The summed E-state index contributed by atoms with van der Waals surface area (Å²) in [5, 5.41) is 2.69. The van der Waals surface area contributed by atoms with Crippen molar-refractivity contribution in [2.45, 2.75) is 45.4 Å². The quantitative estimate of drug-likeness (QED) is 0.148. The molecule has 2 nitrogen and oxygen atoms in total. The second-order valence-electron chi connectivity index (χ2n) is 15.6. The van der Waals surface area contributed by atoms with Gasteiger partial charge in [0.05, 0.1) is 16.7 Å². The molecule has 0 N–H and O–H groups in total. The van der Waals surface area contributed by atoms with Gasteiger partial charge < -0.3 is 4.57 Å². The van der Waals surface area contributed by atoms with Crippen LogP contribution in [0.1, 0.15) is 67.7 Å². The zero-order valence-corrected chi connectivity index (χ0v) is 32.7. The Kier molecular flexibility index (Phi) is 9.11. The van der Waals surface area contributed by atoms with E-state index in [0.29, 0.717) is 5.92 Å². The molecule has 10 rings (SSSR count). The summed E-state index contributed by atoms with van der Waals surface area (Å²) in [4.78, 5) is 5.83. The van der Waals surface area contributed by atoms with Crippen LogP contribution in [0.15, 0.2) is 193 Å². The smallest absolute Gasteiger partial charge is 0.0739 e. The first-order valence-electron chi connectivity index (χ1n) is 20.6. The van der Waals surface area contributed by atoms with Crippen LogP contribution in [-0.2, 0) is 0 Å². The van der Waals surface area contributed by atoms with Crippen molar-refractivity contribution in [1.82, 2.24) is 4.57 Å². The Bertz CT molecular complexity index is 2850. The van der Waals surface area contributed by atoms with Crippen molar-refractivity contribution < 1.29 is 0 Å². The Morgan fingerprint density at radius 3 is 2.05 bits per heavy atom. The van der Waals surface area contributed by atoms with Crippen molar-refractivity contribution in [3.05, 3.63) is 210 Å². The van der Waals surface area contributed by atoms with Gasteiger partial charge in [0.15, 0.2) is 0 Å². The lowest BCUT2D eigenvalue weighted by molar-refractivity contribution is 0.711. The van der Waals surface area contributed by atoms with Gasteiger partial charge in [-0.25, -0.2) is 0 Å². The van der Waals surface area contributed by atoms with Crippen molar-refractivity contribution in [2.24, 2.45) is 10.9 Å². The highest BCUT2D eigenvalue weighted by Gasteiger charge is 2.33. The lowest BCUT2D eigenvalue weighted by Gasteiger charge is -2.24. The zero-order valence-electron chi connectivity index (χ0n) is 32.7. The maximum absolute atomic E-state index is 5.83. The number of para-hydroxylation sites is 2. The van der Waals surface area contributed by atoms with Gasteiger partial charge in [0, 0.05) is 33.7 Å². The van der Waals surface area contributed by atoms with Crippen molar-refractivity contribution in [2.75, 3.05) is 0 Å². The minimum atomic E-state index is 0.255. The topological polar surface area (TPSA) is 17.3 Å². The molecule has 276 valence electrons. The van der Waals surface area contributed by atoms with E-state index in [1.54, 1.807) is 0 Å². The first-order chi connectivity index (χ1) is 28.2. The summed E-state index contributed by atoms with van der Waals surface area (Å²) in [6.07, 6.45) is 6.25. The highest BCUT2D eigenvalue weighted by molar-refractivity contribution is 6.14. The molecule has 2 aliphatic rings. The standard InChI is InChI=1S/C55H46N2/c1-3-43-44(39-20-9-5-10-21-39)31-30-37(2)50(56-55(43)41-23-17-22-40(36-41)38-18-7-4-8-19-38)34-32-47-45-26-13-14-27-46(45)48-33-35-52-54(53(47)48)49-28-15-16-29-51(49)57(52)42-24-11-6-12-25-42/h4-29,31,33,35-37,47H,3,30,32,34H2,1-2H3. The van der Waals surface area contributed by atoms with E-state index >= 15 is 0 Å². The molecule has 1 aromatic heterocycles. The van der Waals surface area contributed by atoms with Crippen LogP contribution >= 0.6 is 0 Å². The highest BCUT2D eigenvalue weighted by atomic mass is 15.0. The number of nitrogens with zero attached hydrogens (tertiary/aromatic N) is 2. The fraction of sp³-hybridized carbons (Fsp3) is 0.145. The fourth-order valence-electron chi connectivity index (χ4n) is 9.62. The second kappa shape index (κ2) is 14.9. The number of allylic oxidation sites excluding steroid dienone is 3. The van der Waals surface area contributed by atoms with E-state index in [2.05, 4.69) is 200 Å². The summed E-state index contributed by atoms with van der Waals surface area (Å²) in [5.41, 5.74) is 19.2. The lowest BCUT2D eigenvalue weighted by Crippen LogP contribution is -2.15. The minimum absolute atomic E-state index is 0.255. The monoisotopic (exact) mass is 734 g/mol. The van der Waals surface area contributed by atoms with E-state index in [1.807, 2.05) is 0 Å². The number of benzene rings is 7. The molecule has 0 saturated carbocycles. The van der Waals surface area contributed by atoms with Crippen molar-refractivity contribution in [3.8, 4) is 27.9 Å². The summed E-state index contributed by atoms with van der Waals surface area (Å²) >= 11 is 0. The number of aliphatic imine (C=N–C) groups is 1. The predicted octanol–water partition coefficient (Wildman–Crippen LogP) is 14.7. The first-order valence-corrected chi connectivity index (χ1v) is 20.6. The van der Waals surface area contributed by atoms with Gasteiger partial charge in [-0.3, -0.25) is 4.99 Å². The molecule has 2 heterocycles. The molecule has 0 bridgehead atoms. The van der Waals surface area contributed by atoms with E-state index in [4.69, 9.17) is 4.99 Å². The number of hydrogen-bond donors (Lipinski definition) is 0. The molecule has 2 unspecified atom stereocenters. The molecule has 0 amide bonds. The van der Waals surface area contributed by atoms with Gasteiger partial charge in [-0.15, -0.1) is 0 Å². The van der Waals surface area contributed by atoms with Gasteiger partial charge in [0.25, 0.3) is 0 Å². The lowest BCUT2D eigenvalue weighted by atomic mass is 9.84. The van der Waals surface area contributed by atoms with E-state index in [9.17, 15) is 0 Å². The maximum atomic E-state index is 5.83. The molecule has 8 aromatic rings. The summed E-state index contributed by atoms with van der Waals surface area (Å²) in [7, 11) is 0. The molecule has 0 spiro atoms. The number of aromatic nitrogens is 1. The summed E-state index contributed by atoms with van der Waals surface area (Å²) < 4.78 is 2.45. The van der Waals surface area contributed by atoms with Crippen LogP contribution < -0.4 is 0 Å². The Morgan fingerprint density at radius 2 is 1.26 bits per heavy atom. The second-order valence-corrected chi connectivity index (χ2v) is 15.6. The number of hydrogen-bond acceptors (Lipinski definition) is 1. The Hall–Kier alpha value is -6.51. The van der Waals surface area contributed by atoms with Gasteiger partial charge in [-0.05, 0) is 112 Å². The zero-order chi connectivity index (χ0) is 38.3. The molecular weight excluding hydrogens is 689 g/mol. The molecular formula is C55H46N2. The third kappa shape index (κ3) is 6.17. The fourth-order valence-corrected chi connectivity index (χ4v) is 9.62. The van der Waals surface area contributed by atoms with Crippen molar-refractivity contribution in [3.63, 3.8) is 0 Å². The predicted molar refractivity (Wildman–Crippen MR) is 242 cm³/mol. The molecule has 2 atom stereocenters.